The van der Waals surface area contributed by atoms with Gasteiger partial charge in [-0.05, 0) is 33.1 Å². The van der Waals surface area contributed by atoms with E-state index in [0.717, 1.165) is 0 Å². The number of carbonyl (C=O) groups excluding carboxylic acids is 4. The van der Waals surface area contributed by atoms with E-state index < -0.39 is 59.9 Å². The van der Waals surface area contributed by atoms with E-state index in [1.807, 2.05) is 0 Å². The van der Waals surface area contributed by atoms with E-state index in [4.69, 9.17) is 22.9 Å². The third kappa shape index (κ3) is 12.2. The highest BCUT2D eigenvalue weighted by Gasteiger charge is 2.31. The number of hydrogen-bond acceptors (Lipinski definition) is 8. The summed E-state index contributed by atoms with van der Waals surface area (Å²) in [5, 5.41) is 26.0. The summed E-state index contributed by atoms with van der Waals surface area (Å²) in [4.78, 5) is 62.9. The molecule has 0 rings (SSSR count). The number of rotatable bonds is 15. The third-order valence-electron chi connectivity index (χ3n) is 4.41. The summed E-state index contributed by atoms with van der Waals surface area (Å²) < 4.78 is 0. The standard InChI is InChI=1S/C18H34N8O7/c1-8(24-15(30)10(19)5-6-12(20)28)14(29)26-13(9(2)27)16(31)25-11(17(32)33)4-3-7-23-18(21)22/h8-11,13,27H,3-7,19H2,1-2H3,(H2,20,28)(H,24,30)(H,25,31)(H,26,29)(H,32,33)(H4,21,22,23). The molecule has 0 radical (unpaired) electrons. The van der Waals surface area contributed by atoms with Gasteiger partial charge in [0, 0.05) is 13.0 Å². The first-order valence-electron chi connectivity index (χ1n) is 10.2. The predicted octanol–water partition coefficient (Wildman–Crippen LogP) is -4.43. The molecule has 0 aromatic carbocycles. The smallest absolute Gasteiger partial charge is 0.326 e. The molecular formula is C18H34N8O7. The molecule has 0 bridgehead atoms. The van der Waals surface area contributed by atoms with E-state index in [2.05, 4.69) is 20.9 Å². The molecule has 0 aliphatic heterocycles. The topological polar surface area (TPSA) is 278 Å². The summed E-state index contributed by atoms with van der Waals surface area (Å²) in [6.45, 7) is 2.69. The van der Waals surface area contributed by atoms with Crippen LogP contribution in [0.5, 0.6) is 0 Å². The number of guanidine groups is 1. The third-order valence-corrected chi connectivity index (χ3v) is 4.41. The summed E-state index contributed by atoms with van der Waals surface area (Å²) >= 11 is 0. The lowest BCUT2D eigenvalue weighted by Crippen LogP contribution is -2.59. The lowest BCUT2D eigenvalue weighted by atomic mass is 10.1. The summed E-state index contributed by atoms with van der Waals surface area (Å²) in [6, 6.07) is -5.05. The second-order valence-electron chi connectivity index (χ2n) is 7.42. The fourth-order valence-electron chi connectivity index (χ4n) is 2.52. The van der Waals surface area contributed by atoms with Crippen LogP contribution >= 0.6 is 0 Å². The van der Waals surface area contributed by atoms with Crippen LogP contribution < -0.4 is 38.9 Å². The van der Waals surface area contributed by atoms with Crippen LogP contribution in [0.2, 0.25) is 0 Å². The van der Waals surface area contributed by atoms with Crippen molar-refractivity contribution in [2.75, 3.05) is 6.54 Å². The number of aliphatic hydroxyl groups excluding tert-OH is 1. The van der Waals surface area contributed by atoms with E-state index in [0.29, 0.717) is 0 Å². The van der Waals surface area contributed by atoms with Gasteiger partial charge in [0.2, 0.25) is 23.6 Å². The molecule has 0 heterocycles. The first-order valence-corrected chi connectivity index (χ1v) is 10.2. The lowest BCUT2D eigenvalue weighted by Gasteiger charge is -2.25. The Morgan fingerprint density at radius 3 is 2.00 bits per heavy atom. The van der Waals surface area contributed by atoms with Gasteiger partial charge in [0.1, 0.15) is 18.1 Å². The zero-order chi connectivity index (χ0) is 25.7. The molecule has 0 aromatic heterocycles. The Morgan fingerprint density at radius 2 is 1.52 bits per heavy atom. The van der Waals surface area contributed by atoms with Crippen LogP contribution in [0.3, 0.4) is 0 Å². The Bertz CT molecular complexity index is 739. The van der Waals surface area contributed by atoms with Crippen LogP contribution in [0.4, 0.5) is 0 Å². The van der Waals surface area contributed by atoms with Crippen molar-refractivity contribution in [1.29, 1.82) is 0 Å². The van der Waals surface area contributed by atoms with Crippen molar-refractivity contribution in [3.63, 3.8) is 0 Å². The molecule has 0 aliphatic carbocycles. The number of hydrogen-bond donors (Lipinski definition) is 9. The van der Waals surface area contributed by atoms with E-state index in [9.17, 15) is 34.2 Å². The number of primary amides is 1. The predicted molar refractivity (Wildman–Crippen MR) is 117 cm³/mol. The molecule has 0 saturated heterocycles. The van der Waals surface area contributed by atoms with E-state index in [1.165, 1.54) is 13.8 Å². The molecule has 33 heavy (non-hydrogen) atoms. The number of carbonyl (C=O) groups is 5. The van der Waals surface area contributed by atoms with Gasteiger partial charge in [0.25, 0.3) is 0 Å². The van der Waals surface area contributed by atoms with Crippen molar-refractivity contribution in [2.45, 2.75) is 69.8 Å². The number of carboxylic acid groups (broad SMARTS) is 1. The van der Waals surface area contributed by atoms with Crippen molar-refractivity contribution in [2.24, 2.45) is 27.9 Å². The van der Waals surface area contributed by atoms with Gasteiger partial charge in [-0.2, -0.15) is 0 Å². The number of aliphatic imine (C=N–C) groups is 1. The molecule has 0 saturated carbocycles. The van der Waals surface area contributed by atoms with Gasteiger partial charge < -0.3 is 49.1 Å². The maximum Gasteiger partial charge on any atom is 0.326 e. The van der Waals surface area contributed by atoms with Gasteiger partial charge in [-0.25, -0.2) is 4.79 Å². The zero-order valence-corrected chi connectivity index (χ0v) is 18.6. The highest BCUT2D eigenvalue weighted by molar-refractivity contribution is 5.94. The van der Waals surface area contributed by atoms with Crippen molar-refractivity contribution in [3.8, 4) is 0 Å². The van der Waals surface area contributed by atoms with E-state index in [-0.39, 0.29) is 38.2 Å². The molecule has 0 fully saturated rings. The van der Waals surface area contributed by atoms with Crippen molar-refractivity contribution in [3.05, 3.63) is 0 Å². The number of aliphatic hydroxyl groups is 1. The second kappa shape index (κ2) is 14.6. The van der Waals surface area contributed by atoms with Crippen molar-refractivity contribution < 1.29 is 34.2 Å². The Hall–Kier alpha value is -3.46. The van der Waals surface area contributed by atoms with E-state index in [1.54, 1.807) is 0 Å². The number of carboxylic acids is 1. The Morgan fingerprint density at radius 1 is 0.909 bits per heavy atom. The molecule has 0 aliphatic rings. The Balaban J connectivity index is 4.97. The average Bonchev–Trinajstić information content (AvgIpc) is 2.70. The number of amides is 4. The van der Waals surface area contributed by atoms with Crippen LogP contribution in [-0.2, 0) is 24.0 Å². The molecule has 13 N–H and O–H groups in total. The van der Waals surface area contributed by atoms with Gasteiger partial charge in [0.15, 0.2) is 5.96 Å². The SMILES string of the molecule is CC(NC(=O)C(N)CCC(N)=O)C(=O)NC(C(=O)NC(CCCN=C(N)N)C(=O)O)C(C)O. The zero-order valence-electron chi connectivity index (χ0n) is 18.6. The molecular weight excluding hydrogens is 440 g/mol. The summed E-state index contributed by atoms with van der Waals surface area (Å²) in [7, 11) is 0. The van der Waals surface area contributed by atoms with E-state index >= 15 is 0 Å². The Kier molecular flexibility index (Phi) is 13.0. The fraction of sp³-hybridized carbons (Fsp3) is 0.667. The normalized spacial score (nSPS) is 15.2. The summed E-state index contributed by atoms with van der Waals surface area (Å²) in [5.74, 6) is -4.60. The van der Waals surface area contributed by atoms with Crippen molar-refractivity contribution >= 4 is 35.6 Å². The molecule has 188 valence electrons. The highest BCUT2D eigenvalue weighted by Crippen LogP contribution is 2.02. The van der Waals surface area contributed by atoms with Crippen LogP contribution in [0.15, 0.2) is 4.99 Å². The minimum Gasteiger partial charge on any atom is -0.480 e. The first kappa shape index (κ1) is 29.5. The molecule has 4 amide bonds. The van der Waals surface area contributed by atoms with Crippen LogP contribution in [0, 0.1) is 0 Å². The van der Waals surface area contributed by atoms with Crippen LogP contribution in [0.25, 0.3) is 0 Å². The summed E-state index contributed by atoms with van der Waals surface area (Å²) in [5.41, 5.74) is 21.0. The maximum atomic E-state index is 12.5. The number of nitrogens with two attached hydrogens (primary N) is 4. The van der Waals surface area contributed by atoms with Crippen molar-refractivity contribution in [1.82, 2.24) is 16.0 Å². The van der Waals surface area contributed by atoms with Crippen LogP contribution in [-0.4, -0.2) is 82.6 Å². The average molecular weight is 475 g/mol. The highest BCUT2D eigenvalue weighted by atomic mass is 16.4. The minimum absolute atomic E-state index is 0.00597. The van der Waals surface area contributed by atoms with Gasteiger partial charge in [-0.1, -0.05) is 0 Å². The molecule has 5 unspecified atom stereocenters. The minimum atomic E-state index is -1.50. The molecule has 15 nitrogen and oxygen atoms in total. The number of nitrogens with one attached hydrogen (secondary N) is 3. The molecule has 5 atom stereocenters. The Labute approximate surface area is 190 Å². The van der Waals surface area contributed by atoms with Crippen LogP contribution in [0.1, 0.15) is 39.5 Å². The van der Waals surface area contributed by atoms with Gasteiger partial charge in [-0.15, -0.1) is 0 Å². The largest absolute Gasteiger partial charge is 0.480 e. The number of nitrogens with zero attached hydrogens (tertiary/aromatic N) is 1. The molecule has 15 heteroatoms. The molecule has 0 aromatic rings. The fourth-order valence-corrected chi connectivity index (χ4v) is 2.52. The summed E-state index contributed by atoms with van der Waals surface area (Å²) in [6.07, 6.45) is -1.27. The second-order valence-corrected chi connectivity index (χ2v) is 7.42. The van der Waals surface area contributed by atoms with Gasteiger partial charge >= 0.3 is 5.97 Å². The monoisotopic (exact) mass is 474 g/mol. The van der Waals surface area contributed by atoms with Gasteiger partial charge in [0.05, 0.1) is 12.1 Å². The lowest BCUT2D eigenvalue weighted by molar-refractivity contribution is -0.143. The molecule has 0 spiro atoms. The first-order chi connectivity index (χ1) is 15.3. The number of aliphatic carboxylic acids is 1. The quantitative estimate of drug-likeness (QED) is 0.0623. The maximum absolute atomic E-state index is 12.5. The van der Waals surface area contributed by atoms with Gasteiger partial charge in [-0.3, -0.25) is 24.2 Å².